The van der Waals surface area contributed by atoms with Crippen molar-refractivity contribution in [2.24, 2.45) is 5.16 Å². The fraction of sp³-hybridized carbons (Fsp3) is 0.364. The molecule has 2 aromatic rings. The number of hydrogen-bond donors (Lipinski definition) is 0. The third-order valence-corrected chi connectivity index (χ3v) is 5.15. The molecule has 0 N–H and O–H groups in total. The first-order valence-electron chi connectivity index (χ1n) is 9.80. The summed E-state index contributed by atoms with van der Waals surface area (Å²) >= 11 is 0. The van der Waals surface area contributed by atoms with Crippen molar-refractivity contribution in [3.8, 4) is 11.5 Å². The molecule has 2 aromatic carbocycles. The van der Waals surface area contributed by atoms with Gasteiger partial charge in [0.1, 0.15) is 0 Å². The molecule has 7 heteroatoms. The van der Waals surface area contributed by atoms with Gasteiger partial charge in [-0.15, -0.1) is 0 Å². The second-order valence-electron chi connectivity index (χ2n) is 7.16. The summed E-state index contributed by atoms with van der Waals surface area (Å²) in [7, 11) is 0. The zero-order chi connectivity index (χ0) is 20.1. The Kier molecular flexibility index (Phi) is 5.95. The molecule has 0 spiro atoms. The van der Waals surface area contributed by atoms with Gasteiger partial charge in [-0.1, -0.05) is 35.5 Å². The fourth-order valence-electron chi connectivity index (χ4n) is 3.45. The van der Waals surface area contributed by atoms with Crippen LogP contribution < -0.4 is 9.47 Å². The number of carbonyl (C=O) groups is 1. The first-order valence-corrected chi connectivity index (χ1v) is 9.80. The number of amides is 1. The lowest BCUT2D eigenvalue weighted by molar-refractivity contribution is -0.137. The van der Waals surface area contributed by atoms with Gasteiger partial charge in [0.05, 0.1) is 5.71 Å². The number of hydrogen-bond acceptors (Lipinski definition) is 6. The largest absolute Gasteiger partial charge is 0.454 e. The van der Waals surface area contributed by atoms with E-state index in [-0.39, 0.29) is 19.3 Å². The molecule has 0 aromatic heterocycles. The highest BCUT2D eigenvalue weighted by Gasteiger charge is 2.21. The van der Waals surface area contributed by atoms with Crippen molar-refractivity contribution in [3.63, 3.8) is 0 Å². The molecule has 29 heavy (non-hydrogen) atoms. The lowest BCUT2D eigenvalue weighted by Gasteiger charge is -2.34. The first kappa shape index (κ1) is 19.3. The smallest absolute Gasteiger partial charge is 0.263 e. The average Bonchev–Trinajstić information content (AvgIpc) is 3.23. The van der Waals surface area contributed by atoms with Crippen LogP contribution >= 0.6 is 0 Å². The van der Waals surface area contributed by atoms with Gasteiger partial charge in [0, 0.05) is 38.3 Å². The van der Waals surface area contributed by atoms with Crippen LogP contribution in [0, 0.1) is 0 Å². The molecule has 1 amide bonds. The van der Waals surface area contributed by atoms with Gasteiger partial charge in [-0.25, -0.2) is 0 Å². The molecule has 2 heterocycles. The number of piperazine rings is 1. The van der Waals surface area contributed by atoms with E-state index >= 15 is 0 Å². The minimum absolute atomic E-state index is 0.0356. The Balaban J connectivity index is 1.22. The first-order chi connectivity index (χ1) is 14.2. The second kappa shape index (κ2) is 8.96. The summed E-state index contributed by atoms with van der Waals surface area (Å²) in [4.78, 5) is 21.9. The van der Waals surface area contributed by atoms with Crippen LogP contribution in [0.15, 0.2) is 53.7 Å². The zero-order valence-corrected chi connectivity index (χ0v) is 16.5. The van der Waals surface area contributed by atoms with Crippen LogP contribution in [0.2, 0.25) is 0 Å². The number of carbonyl (C=O) groups excluding carboxylic acids is 1. The monoisotopic (exact) mass is 395 g/mol. The SMILES string of the molecule is C/C(=N/OCC(=O)N1CCN(Cc2ccccc2)CC1)c1ccc2c(c1)OCO2. The van der Waals surface area contributed by atoms with Crippen molar-refractivity contribution in [1.82, 2.24) is 9.80 Å². The summed E-state index contributed by atoms with van der Waals surface area (Å²) in [6.07, 6.45) is 0. The molecule has 0 atom stereocenters. The van der Waals surface area contributed by atoms with E-state index < -0.39 is 0 Å². The van der Waals surface area contributed by atoms with Crippen LogP contribution in [-0.2, 0) is 16.2 Å². The van der Waals surface area contributed by atoms with Gasteiger partial charge >= 0.3 is 0 Å². The Morgan fingerprint density at radius 2 is 1.79 bits per heavy atom. The van der Waals surface area contributed by atoms with Gasteiger partial charge in [0.15, 0.2) is 18.1 Å². The molecular formula is C22H25N3O4. The van der Waals surface area contributed by atoms with E-state index in [0.717, 1.165) is 30.9 Å². The molecule has 7 nitrogen and oxygen atoms in total. The summed E-state index contributed by atoms with van der Waals surface area (Å²) in [5.74, 6) is 1.39. The summed E-state index contributed by atoms with van der Waals surface area (Å²) in [5.41, 5.74) is 2.85. The molecule has 2 aliphatic heterocycles. The van der Waals surface area contributed by atoms with Crippen LogP contribution in [0.4, 0.5) is 0 Å². The Bertz CT molecular complexity index is 877. The lowest BCUT2D eigenvalue weighted by atomic mass is 10.1. The van der Waals surface area contributed by atoms with Crippen molar-refractivity contribution in [2.75, 3.05) is 39.6 Å². The summed E-state index contributed by atoms with van der Waals surface area (Å²) < 4.78 is 10.7. The van der Waals surface area contributed by atoms with E-state index in [0.29, 0.717) is 24.6 Å². The predicted molar refractivity (Wildman–Crippen MR) is 109 cm³/mol. The molecule has 0 aliphatic carbocycles. The van der Waals surface area contributed by atoms with Gasteiger partial charge < -0.3 is 19.2 Å². The normalized spacial score (nSPS) is 16.7. The minimum atomic E-state index is -0.0550. The van der Waals surface area contributed by atoms with Crippen LogP contribution in [0.3, 0.4) is 0 Å². The summed E-state index contributed by atoms with van der Waals surface area (Å²) in [6, 6.07) is 16.0. The molecule has 0 bridgehead atoms. The van der Waals surface area contributed by atoms with E-state index in [1.165, 1.54) is 5.56 Å². The maximum Gasteiger partial charge on any atom is 0.263 e. The van der Waals surface area contributed by atoms with Crippen LogP contribution in [-0.4, -0.2) is 61.0 Å². The number of rotatable bonds is 6. The highest BCUT2D eigenvalue weighted by Crippen LogP contribution is 2.32. The molecule has 2 aliphatic rings. The van der Waals surface area contributed by atoms with Crippen molar-refractivity contribution < 1.29 is 19.1 Å². The van der Waals surface area contributed by atoms with Crippen molar-refractivity contribution in [1.29, 1.82) is 0 Å². The van der Waals surface area contributed by atoms with Crippen LogP contribution in [0.5, 0.6) is 11.5 Å². The molecule has 0 unspecified atom stereocenters. The van der Waals surface area contributed by atoms with Crippen LogP contribution in [0.1, 0.15) is 18.1 Å². The number of benzene rings is 2. The Morgan fingerprint density at radius 1 is 1.03 bits per heavy atom. The standard InChI is InChI=1S/C22H25N3O4/c1-17(19-7-8-20-21(13-19)28-16-27-20)23-29-15-22(26)25-11-9-24(10-12-25)14-18-5-3-2-4-6-18/h2-8,13H,9-12,14-16H2,1H3/b23-17-. The van der Waals surface area contributed by atoms with Gasteiger partial charge in [-0.2, -0.15) is 0 Å². The number of fused-ring (bicyclic) bond motifs is 1. The van der Waals surface area contributed by atoms with Gasteiger partial charge in [-0.3, -0.25) is 9.69 Å². The molecular weight excluding hydrogens is 370 g/mol. The lowest BCUT2D eigenvalue weighted by Crippen LogP contribution is -2.49. The Morgan fingerprint density at radius 3 is 2.59 bits per heavy atom. The predicted octanol–water partition coefficient (Wildman–Crippen LogP) is 2.50. The number of nitrogens with zero attached hydrogens (tertiary/aromatic N) is 3. The summed E-state index contributed by atoms with van der Waals surface area (Å²) in [5, 5.41) is 4.09. The Labute approximate surface area is 170 Å². The van der Waals surface area contributed by atoms with E-state index in [4.69, 9.17) is 14.3 Å². The third-order valence-electron chi connectivity index (χ3n) is 5.15. The van der Waals surface area contributed by atoms with Crippen LogP contribution in [0.25, 0.3) is 0 Å². The molecule has 0 saturated carbocycles. The van der Waals surface area contributed by atoms with E-state index in [1.54, 1.807) is 0 Å². The van der Waals surface area contributed by atoms with Crippen molar-refractivity contribution in [2.45, 2.75) is 13.5 Å². The second-order valence-corrected chi connectivity index (χ2v) is 7.16. The topological polar surface area (TPSA) is 63.6 Å². The molecule has 4 rings (SSSR count). The average molecular weight is 395 g/mol. The highest BCUT2D eigenvalue weighted by atomic mass is 16.7. The number of ether oxygens (including phenoxy) is 2. The maximum absolute atomic E-state index is 12.4. The summed E-state index contributed by atoms with van der Waals surface area (Å²) in [6.45, 7) is 6.07. The maximum atomic E-state index is 12.4. The van der Waals surface area contributed by atoms with Gasteiger partial charge in [-0.05, 0) is 30.7 Å². The number of oxime groups is 1. The van der Waals surface area contributed by atoms with E-state index in [1.807, 2.05) is 36.1 Å². The molecule has 0 radical (unpaired) electrons. The van der Waals surface area contributed by atoms with Gasteiger partial charge in [0.25, 0.3) is 5.91 Å². The Hall–Kier alpha value is -3.06. The van der Waals surface area contributed by atoms with E-state index in [2.05, 4.69) is 34.3 Å². The quantitative estimate of drug-likeness (QED) is 0.556. The molecule has 1 saturated heterocycles. The third kappa shape index (κ3) is 4.86. The highest BCUT2D eigenvalue weighted by molar-refractivity contribution is 5.99. The zero-order valence-electron chi connectivity index (χ0n) is 16.5. The molecule has 152 valence electrons. The van der Waals surface area contributed by atoms with Crippen molar-refractivity contribution in [3.05, 3.63) is 59.7 Å². The van der Waals surface area contributed by atoms with Gasteiger partial charge in [0.2, 0.25) is 6.79 Å². The minimum Gasteiger partial charge on any atom is -0.454 e. The molecule has 1 fully saturated rings. The van der Waals surface area contributed by atoms with Crippen molar-refractivity contribution >= 4 is 11.6 Å². The fourth-order valence-corrected chi connectivity index (χ4v) is 3.45. The van der Waals surface area contributed by atoms with E-state index in [9.17, 15) is 4.79 Å².